The Morgan fingerprint density at radius 1 is 1.05 bits per heavy atom. The molecular formula is C17H15NO2S. The first-order valence-electron chi connectivity index (χ1n) is 6.66. The van der Waals surface area contributed by atoms with Gasteiger partial charge in [-0.25, -0.2) is 0 Å². The number of hydrogen-bond acceptors (Lipinski definition) is 4. The molecule has 1 heterocycles. The maximum atomic E-state index is 12.2. The van der Waals surface area contributed by atoms with Crippen molar-refractivity contribution in [1.29, 1.82) is 0 Å². The fourth-order valence-corrected chi connectivity index (χ4v) is 3.41. The van der Waals surface area contributed by atoms with Crippen molar-refractivity contribution in [3.8, 4) is 5.75 Å². The highest BCUT2D eigenvalue weighted by atomic mass is 32.1. The van der Waals surface area contributed by atoms with Crippen molar-refractivity contribution in [2.75, 3.05) is 11.9 Å². The number of hydrogen-bond donors (Lipinski definition) is 1. The van der Waals surface area contributed by atoms with E-state index in [0.29, 0.717) is 16.8 Å². The minimum atomic E-state index is -0.291. The molecule has 0 radical (unpaired) electrons. The third kappa shape index (κ3) is 2.62. The van der Waals surface area contributed by atoms with Crippen LogP contribution in [-0.4, -0.2) is 12.2 Å². The van der Waals surface area contributed by atoms with Gasteiger partial charge in [0.15, 0.2) is 5.75 Å². The third-order valence-corrected chi connectivity index (χ3v) is 4.57. The summed E-state index contributed by atoms with van der Waals surface area (Å²) in [4.78, 5) is 14.9. The highest BCUT2D eigenvalue weighted by molar-refractivity contribution is 7.18. The van der Waals surface area contributed by atoms with Gasteiger partial charge in [0.2, 0.25) is 5.43 Å². The summed E-state index contributed by atoms with van der Waals surface area (Å²) in [6, 6.07) is 17.3. The zero-order valence-electron chi connectivity index (χ0n) is 11.6. The second-order valence-electron chi connectivity index (χ2n) is 4.89. The molecule has 3 nitrogen and oxygen atoms in total. The second-order valence-corrected chi connectivity index (χ2v) is 6.03. The van der Waals surface area contributed by atoms with E-state index in [9.17, 15) is 9.90 Å². The van der Waals surface area contributed by atoms with Crippen molar-refractivity contribution in [1.82, 2.24) is 0 Å². The van der Waals surface area contributed by atoms with Gasteiger partial charge >= 0.3 is 0 Å². The lowest BCUT2D eigenvalue weighted by atomic mass is 10.2. The predicted molar refractivity (Wildman–Crippen MR) is 88.3 cm³/mol. The molecular weight excluding hydrogens is 282 g/mol. The average molecular weight is 297 g/mol. The Hall–Kier alpha value is -2.33. The smallest absolute Gasteiger partial charge is 0.229 e. The molecule has 2 aromatic carbocycles. The standard InChI is InChI=1S/C17H15NO2S/c1-18(12-7-3-2-4-8-12)11-15-17(20)16(19)13-9-5-6-10-14(13)21-15/h2-10,20H,11H2,1H3. The second kappa shape index (κ2) is 5.58. The molecule has 1 aromatic heterocycles. The van der Waals surface area contributed by atoms with Gasteiger partial charge in [-0.2, -0.15) is 0 Å². The average Bonchev–Trinajstić information content (AvgIpc) is 2.53. The lowest BCUT2D eigenvalue weighted by Crippen LogP contribution is -2.17. The minimum Gasteiger partial charge on any atom is -0.503 e. The van der Waals surface area contributed by atoms with Crippen LogP contribution < -0.4 is 10.3 Å². The molecule has 4 heteroatoms. The van der Waals surface area contributed by atoms with Crippen LogP contribution in [0, 0.1) is 0 Å². The summed E-state index contributed by atoms with van der Waals surface area (Å²) in [7, 11) is 1.95. The zero-order valence-corrected chi connectivity index (χ0v) is 12.4. The molecule has 0 amide bonds. The summed E-state index contributed by atoms with van der Waals surface area (Å²) in [6.07, 6.45) is 0. The molecule has 0 aliphatic carbocycles. The minimum absolute atomic E-state index is 0.138. The molecule has 3 rings (SSSR count). The van der Waals surface area contributed by atoms with Crippen LogP contribution in [0.15, 0.2) is 59.4 Å². The molecule has 1 N–H and O–H groups in total. The summed E-state index contributed by atoms with van der Waals surface area (Å²) < 4.78 is 0.900. The number of para-hydroxylation sites is 1. The van der Waals surface area contributed by atoms with Crippen LogP contribution in [0.2, 0.25) is 0 Å². The quantitative estimate of drug-likeness (QED) is 0.803. The summed E-state index contributed by atoms with van der Waals surface area (Å²) in [5.74, 6) is -0.138. The van der Waals surface area contributed by atoms with Crippen molar-refractivity contribution in [2.45, 2.75) is 6.54 Å². The van der Waals surface area contributed by atoms with Crippen molar-refractivity contribution in [3.63, 3.8) is 0 Å². The number of aromatic hydroxyl groups is 1. The molecule has 21 heavy (non-hydrogen) atoms. The van der Waals surface area contributed by atoms with Gasteiger partial charge in [-0.3, -0.25) is 4.79 Å². The first-order chi connectivity index (χ1) is 10.2. The number of anilines is 1. The van der Waals surface area contributed by atoms with Gasteiger partial charge in [-0.1, -0.05) is 30.3 Å². The molecule has 0 aliphatic heterocycles. The Morgan fingerprint density at radius 3 is 2.48 bits per heavy atom. The van der Waals surface area contributed by atoms with Crippen LogP contribution in [0.1, 0.15) is 4.88 Å². The summed E-state index contributed by atoms with van der Waals surface area (Å²) >= 11 is 1.46. The maximum absolute atomic E-state index is 12.2. The molecule has 0 fully saturated rings. The van der Waals surface area contributed by atoms with E-state index in [1.54, 1.807) is 6.07 Å². The molecule has 3 aromatic rings. The van der Waals surface area contributed by atoms with E-state index in [-0.39, 0.29) is 11.2 Å². The van der Waals surface area contributed by atoms with Gasteiger partial charge in [0.25, 0.3) is 0 Å². The van der Waals surface area contributed by atoms with Crippen LogP contribution in [0.3, 0.4) is 0 Å². The molecule has 0 saturated heterocycles. The normalized spacial score (nSPS) is 10.7. The van der Waals surface area contributed by atoms with Crippen LogP contribution in [-0.2, 0) is 6.54 Å². The summed E-state index contributed by atoms with van der Waals surface area (Å²) in [5.41, 5.74) is 0.755. The van der Waals surface area contributed by atoms with E-state index in [2.05, 4.69) is 0 Å². The van der Waals surface area contributed by atoms with Gasteiger partial charge in [0.1, 0.15) is 0 Å². The van der Waals surface area contributed by atoms with Crippen LogP contribution in [0.4, 0.5) is 5.69 Å². The molecule has 0 spiro atoms. The fraction of sp³-hybridized carbons (Fsp3) is 0.118. The lowest BCUT2D eigenvalue weighted by molar-refractivity contribution is 0.466. The van der Waals surface area contributed by atoms with Crippen LogP contribution in [0.5, 0.6) is 5.75 Å². The molecule has 0 saturated carbocycles. The van der Waals surface area contributed by atoms with E-state index in [0.717, 1.165) is 10.4 Å². The first-order valence-corrected chi connectivity index (χ1v) is 7.48. The van der Waals surface area contributed by atoms with E-state index in [4.69, 9.17) is 0 Å². The van der Waals surface area contributed by atoms with Gasteiger partial charge in [-0.15, -0.1) is 11.3 Å². The Morgan fingerprint density at radius 2 is 1.71 bits per heavy atom. The van der Waals surface area contributed by atoms with Gasteiger partial charge in [0.05, 0.1) is 11.4 Å². The van der Waals surface area contributed by atoms with Gasteiger partial charge in [-0.05, 0) is 24.3 Å². The molecule has 0 atom stereocenters. The summed E-state index contributed by atoms with van der Waals surface area (Å²) in [6.45, 7) is 0.501. The number of benzene rings is 2. The largest absolute Gasteiger partial charge is 0.503 e. The Balaban J connectivity index is 2.01. The highest BCUT2D eigenvalue weighted by Crippen LogP contribution is 2.28. The predicted octanol–water partition coefficient (Wildman–Crippen LogP) is 3.60. The van der Waals surface area contributed by atoms with Gasteiger partial charge in [0, 0.05) is 22.8 Å². The topological polar surface area (TPSA) is 40.5 Å². The Bertz CT molecular complexity index is 827. The van der Waals surface area contributed by atoms with E-state index in [1.807, 2.05) is 60.5 Å². The monoisotopic (exact) mass is 297 g/mol. The Kier molecular flexibility index (Phi) is 3.62. The maximum Gasteiger partial charge on any atom is 0.229 e. The summed E-state index contributed by atoms with van der Waals surface area (Å²) in [5, 5.41) is 10.7. The van der Waals surface area contributed by atoms with Crippen LogP contribution >= 0.6 is 11.3 Å². The molecule has 0 bridgehead atoms. The number of fused-ring (bicyclic) bond motifs is 1. The SMILES string of the molecule is CN(Cc1sc2ccccc2c(=O)c1O)c1ccccc1. The number of rotatable bonds is 3. The van der Waals surface area contributed by atoms with E-state index >= 15 is 0 Å². The van der Waals surface area contributed by atoms with Crippen LogP contribution in [0.25, 0.3) is 10.1 Å². The van der Waals surface area contributed by atoms with Crippen molar-refractivity contribution in [3.05, 3.63) is 69.7 Å². The van der Waals surface area contributed by atoms with Gasteiger partial charge < -0.3 is 10.0 Å². The zero-order chi connectivity index (χ0) is 14.8. The highest BCUT2D eigenvalue weighted by Gasteiger charge is 2.13. The Labute approximate surface area is 126 Å². The number of nitrogens with zero attached hydrogens (tertiary/aromatic N) is 1. The fourth-order valence-electron chi connectivity index (χ4n) is 2.27. The third-order valence-electron chi connectivity index (χ3n) is 3.42. The van der Waals surface area contributed by atoms with E-state index < -0.39 is 0 Å². The van der Waals surface area contributed by atoms with Crippen molar-refractivity contribution < 1.29 is 5.11 Å². The lowest BCUT2D eigenvalue weighted by Gasteiger charge is -2.19. The van der Waals surface area contributed by atoms with Crippen molar-refractivity contribution >= 4 is 27.1 Å². The van der Waals surface area contributed by atoms with Crippen molar-refractivity contribution in [2.24, 2.45) is 0 Å². The molecule has 0 aliphatic rings. The van der Waals surface area contributed by atoms with E-state index in [1.165, 1.54) is 11.3 Å². The molecule has 106 valence electrons. The first kappa shape index (κ1) is 13.6. The molecule has 0 unspecified atom stereocenters.